The van der Waals surface area contributed by atoms with E-state index in [9.17, 15) is 13.2 Å². The number of fused-ring (bicyclic) bond motifs is 1. The molecule has 1 unspecified atom stereocenters. The van der Waals surface area contributed by atoms with Crippen LogP contribution in [-0.2, 0) is 24.8 Å². The highest BCUT2D eigenvalue weighted by atomic mass is 32.2. The number of hydrogen-bond donors (Lipinski definition) is 0. The maximum absolute atomic E-state index is 12.6. The van der Waals surface area contributed by atoms with E-state index in [4.69, 9.17) is 0 Å². The summed E-state index contributed by atoms with van der Waals surface area (Å²) in [5.74, 6) is 0. The fraction of sp³-hybridized carbons (Fsp3) is 0.231. The Labute approximate surface area is 183 Å². The van der Waals surface area contributed by atoms with Crippen molar-refractivity contribution in [2.75, 3.05) is 6.26 Å². The van der Waals surface area contributed by atoms with Crippen LogP contribution in [0.3, 0.4) is 0 Å². The Balaban J connectivity index is 1.95. The van der Waals surface area contributed by atoms with Crippen molar-refractivity contribution in [1.82, 2.24) is 4.98 Å². The van der Waals surface area contributed by atoms with E-state index < -0.39 is 20.0 Å². The van der Waals surface area contributed by atoms with E-state index in [0.29, 0.717) is 17.5 Å². The quantitative estimate of drug-likeness (QED) is 0.534. The van der Waals surface area contributed by atoms with Gasteiger partial charge in [0.15, 0.2) is 9.84 Å². The highest BCUT2D eigenvalue weighted by Crippen LogP contribution is 2.42. The van der Waals surface area contributed by atoms with Crippen LogP contribution < -0.4 is 0 Å². The molecule has 0 fully saturated rings. The van der Waals surface area contributed by atoms with Crippen LogP contribution in [0.4, 0.5) is 0 Å². The molecule has 1 atom stereocenters. The minimum absolute atomic E-state index is 0.478. The fourth-order valence-electron chi connectivity index (χ4n) is 4.06. The molecule has 5 heteroatoms. The molecule has 0 aliphatic heterocycles. The summed E-state index contributed by atoms with van der Waals surface area (Å²) in [7, 11) is -3.39. The number of pyridine rings is 1. The van der Waals surface area contributed by atoms with Crippen LogP contribution in [0.5, 0.6) is 0 Å². The molecule has 31 heavy (non-hydrogen) atoms. The number of aromatic nitrogens is 1. The number of sulfone groups is 1. The Bertz CT molecular complexity index is 1320. The molecule has 0 radical (unpaired) electrons. The van der Waals surface area contributed by atoms with Crippen molar-refractivity contribution in [2.45, 2.75) is 30.4 Å². The first-order chi connectivity index (χ1) is 14.7. The van der Waals surface area contributed by atoms with Gasteiger partial charge in [0.25, 0.3) is 0 Å². The average Bonchev–Trinajstić information content (AvgIpc) is 2.78. The molecule has 0 amide bonds. The standard InChI is InChI=1S/C26H25NO3S/c1-25(2,31(3,29)30)22-15-20-12-8-14-27-24(20)23(16-22)26(18-28)13-7-11-21(17-26)19-9-5-4-6-10-19/h4-16,18H,17H2,1-3H3. The molecule has 1 heterocycles. The molecule has 158 valence electrons. The van der Waals surface area contributed by atoms with Gasteiger partial charge in [-0.2, -0.15) is 0 Å². The minimum Gasteiger partial charge on any atom is -0.302 e. The lowest BCUT2D eigenvalue weighted by Gasteiger charge is -2.32. The maximum Gasteiger partial charge on any atom is 0.156 e. The third-order valence-corrected chi connectivity index (χ3v) is 8.45. The van der Waals surface area contributed by atoms with E-state index in [1.54, 1.807) is 20.0 Å². The number of rotatable bonds is 5. The van der Waals surface area contributed by atoms with E-state index in [2.05, 4.69) is 4.98 Å². The van der Waals surface area contributed by atoms with Crippen molar-refractivity contribution in [1.29, 1.82) is 0 Å². The van der Waals surface area contributed by atoms with E-state index >= 15 is 0 Å². The van der Waals surface area contributed by atoms with Gasteiger partial charge in [0.2, 0.25) is 0 Å². The third-order valence-electron chi connectivity index (χ3n) is 6.36. The Morgan fingerprint density at radius 2 is 1.81 bits per heavy atom. The second-order valence-electron chi connectivity index (χ2n) is 8.63. The van der Waals surface area contributed by atoms with E-state index in [-0.39, 0.29) is 0 Å². The van der Waals surface area contributed by atoms with Crippen molar-refractivity contribution in [3.8, 4) is 0 Å². The van der Waals surface area contributed by atoms with Crippen LogP contribution in [0.2, 0.25) is 0 Å². The van der Waals surface area contributed by atoms with E-state index in [1.807, 2.05) is 72.8 Å². The monoisotopic (exact) mass is 431 g/mol. The zero-order valence-corrected chi connectivity index (χ0v) is 18.7. The molecular weight excluding hydrogens is 406 g/mol. The topological polar surface area (TPSA) is 64.1 Å². The summed E-state index contributed by atoms with van der Waals surface area (Å²) in [6.07, 6.45) is 10.2. The zero-order valence-electron chi connectivity index (χ0n) is 17.9. The van der Waals surface area contributed by atoms with Crippen LogP contribution in [0.25, 0.3) is 16.5 Å². The summed E-state index contributed by atoms with van der Waals surface area (Å²) in [5.41, 5.74) is 3.26. The number of hydrogen-bond acceptors (Lipinski definition) is 4. The summed E-state index contributed by atoms with van der Waals surface area (Å²) in [6.45, 7) is 3.40. The molecule has 1 aliphatic rings. The first-order valence-electron chi connectivity index (χ1n) is 10.2. The number of nitrogens with zero attached hydrogens (tertiary/aromatic N) is 1. The molecule has 0 spiro atoms. The van der Waals surface area contributed by atoms with Crippen LogP contribution in [0, 0.1) is 0 Å². The number of allylic oxidation sites excluding steroid dienone is 4. The lowest BCUT2D eigenvalue weighted by molar-refractivity contribution is -0.111. The third kappa shape index (κ3) is 3.63. The van der Waals surface area contributed by atoms with Crippen molar-refractivity contribution in [2.24, 2.45) is 0 Å². The van der Waals surface area contributed by atoms with Gasteiger partial charge in [0, 0.05) is 17.8 Å². The molecule has 2 aromatic carbocycles. The van der Waals surface area contributed by atoms with Crippen LogP contribution in [0.1, 0.15) is 37.0 Å². The van der Waals surface area contributed by atoms with Gasteiger partial charge in [-0.05, 0) is 54.7 Å². The summed E-state index contributed by atoms with van der Waals surface area (Å²) in [5, 5.41) is 0.817. The molecule has 0 saturated heterocycles. The Kier molecular flexibility index (Phi) is 5.18. The highest BCUT2D eigenvalue weighted by molar-refractivity contribution is 7.91. The first-order valence-corrected chi connectivity index (χ1v) is 12.1. The van der Waals surface area contributed by atoms with Gasteiger partial charge >= 0.3 is 0 Å². The molecule has 1 aromatic heterocycles. The second kappa shape index (κ2) is 7.57. The fourth-order valence-corrected chi connectivity index (χ4v) is 4.60. The molecule has 0 bridgehead atoms. The maximum atomic E-state index is 12.6. The number of aldehydes is 1. The van der Waals surface area contributed by atoms with E-state index in [1.165, 1.54) is 6.26 Å². The lowest BCUT2D eigenvalue weighted by atomic mass is 9.71. The smallest absolute Gasteiger partial charge is 0.156 e. The van der Waals surface area contributed by atoms with E-state index in [0.717, 1.165) is 28.4 Å². The molecule has 0 N–H and O–H groups in total. The average molecular weight is 432 g/mol. The normalized spacial score (nSPS) is 19.3. The lowest BCUT2D eigenvalue weighted by Crippen LogP contribution is -2.31. The number of benzene rings is 2. The van der Waals surface area contributed by atoms with Gasteiger partial charge in [-0.15, -0.1) is 0 Å². The highest BCUT2D eigenvalue weighted by Gasteiger charge is 2.38. The van der Waals surface area contributed by atoms with Gasteiger partial charge in [0.1, 0.15) is 6.29 Å². The van der Waals surface area contributed by atoms with Gasteiger partial charge in [0.05, 0.1) is 15.7 Å². The zero-order chi connectivity index (χ0) is 22.3. The first kappa shape index (κ1) is 21.2. The summed E-state index contributed by atoms with van der Waals surface area (Å²) >= 11 is 0. The molecular formula is C26H25NO3S. The largest absolute Gasteiger partial charge is 0.302 e. The Morgan fingerprint density at radius 3 is 2.48 bits per heavy atom. The number of carbonyl (C=O) groups excluding carboxylic acids is 1. The van der Waals surface area contributed by atoms with Crippen LogP contribution in [-0.4, -0.2) is 25.9 Å². The SMILES string of the molecule is CC(C)(c1cc(C2(C=O)C=CC=C(c3ccccc3)C2)c2ncccc2c1)S(C)(=O)=O. The summed E-state index contributed by atoms with van der Waals surface area (Å²) in [6, 6.07) is 17.4. The van der Waals surface area contributed by atoms with Crippen molar-refractivity contribution in [3.05, 3.63) is 95.7 Å². The molecule has 1 aliphatic carbocycles. The molecule has 0 saturated carbocycles. The second-order valence-corrected chi connectivity index (χ2v) is 11.2. The van der Waals surface area contributed by atoms with Crippen molar-refractivity contribution in [3.63, 3.8) is 0 Å². The van der Waals surface area contributed by atoms with Crippen LogP contribution >= 0.6 is 0 Å². The molecule has 4 nitrogen and oxygen atoms in total. The predicted octanol–water partition coefficient (Wildman–Crippen LogP) is 4.99. The Morgan fingerprint density at radius 1 is 1.06 bits per heavy atom. The predicted molar refractivity (Wildman–Crippen MR) is 126 cm³/mol. The van der Waals surface area contributed by atoms with Gasteiger partial charge < -0.3 is 4.79 Å². The summed E-state index contributed by atoms with van der Waals surface area (Å²) < 4.78 is 24.0. The molecule has 4 rings (SSSR count). The summed E-state index contributed by atoms with van der Waals surface area (Å²) in [4.78, 5) is 17.2. The van der Waals surface area contributed by atoms with Crippen LogP contribution in [0.15, 0.2) is 79.0 Å². The van der Waals surface area contributed by atoms with Gasteiger partial charge in [-0.1, -0.05) is 60.7 Å². The Hall–Kier alpha value is -3.05. The minimum atomic E-state index is -3.39. The number of carbonyl (C=O) groups is 1. The van der Waals surface area contributed by atoms with Crippen molar-refractivity contribution >= 4 is 32.6 Å². The van der Waals surface area contributed by atoms with Gasteiger partial charge in [-0.25, -0.2) is 8.42 Å². The van der Waals surface area contributed by atoms with Gasteiger partial charge in [-0.3, -0.25) is 4.98 Å². The van der Waals surface area contributed by atoms with Crippen molar-refractivity contribution < 1.29 is 13.2 Å². The molecule has 3 aromatic rings.